The molecule has 0 unspecified atom stereocenters. The molecular formula is C16H21F3N4O3. The highest BCUT2D eigenvalue weighted by Gasteiger charge is 2.34. The van der Waals surface area contributed by atoms with Crippen LogP contribution in [0.4, 0.5) is 24.5 Å². The molecule has 0 saturated carbocycles. The van der Waals surface area contributed by atoms with Crippen LogP contribution in [0.3, 0.4) is 0 Å². The highest BCUT2D eigenvalue weighted by atomic mass is 19.4. The van der Waals surface area contributed by atoms with E-state index < -0.39 is 24.7 Å². The maximum Gasteiger partial charge on any atom is 0.401 e. The van der Waals surface area contributed by atoms with E-state index in [2.05, 4.69) is 5.32 Å². The molecule has 0 aliphatic carbocycles. The molecule has 0 bridgehead atoms. The Balaban J connectivity index is 2.00. The Hall–Kier alpha value is -2.17. The van der Waals surface area contributed by atoms with Crippen molar-refractivity contribution in [1.29, 1.82) is 0 Å². The van der Waals surface area contributed by atoms with Gasteiger partial charge in [-0.05, 0) is 31.3 Å². The first-order valence-corrected chi connectivity index (χ1v) is 7.97. The lowest BCUT2D eigenvalue weighted by Crippen LogP contribution is -2.49. The van der Waals surface area contributed by atoms with E-state index in [1.807, 2.05) is 0 Å². The first-order chi connectivity index (χ1) is 12.2. The molecule has 0 aromatic heterocycles. The number of amides is 2. The second-order valence-corrected chi connectivity index (χ2v) is 5.92. The number of rotatable bonds is 6. The first kappa shape index (κ1) is 20.1. The van der Waals surface area contributed by atoms with Gasteiger partial charge in [0.1, 0.15) is 12.6 Å². The molecule has 1 atom stereocenters. The zero-order valence-electron chi connectivity index (χ0n) is 14.3. The molecule has 144 valence electrons. The van der Waals surface area contributed by atoms with Gasteiger partial charge >= 0.3 is 6.18 Å². The van der Waals surface area contributed by atoms with Gasteiger partial charge in [0.2, 0.25) is 5.91 Å². The number of anilines is 2. The van der Waals surface area contributed by atoms with Crippen molar-refractivity contribution in [2.75, 3.05) is 50.1 Å². The van der Waals surface area contributed by atoms with Crippen molar-refractivity contribution < 1.29 is 27.5 Å². The molecule has 1 fully saturated rings. The van der Waals surface area contributed by atoms with Crippen molar-refractivity contribution in [2.24, 2.45) is 5.73 Å². The number of halogens is 3. The average Bonchev–Trinajstić information content (AvgIpc) is 2.55. The molecule has 2 amide bonds. The molecule has 1 heterocycles. The smallest absolute Gasteiger partial charge is 0.370 e. The van der Waals surface area contributed by atoms with E-state index in [0.29, 0.717) is 24.5 Å². The average molecular weight is 374 g/mol. The number of carbonyl (C=O) groups is 2. The number of likely N-dealkylation sites (N-methyl/N-ethyl adjacent to an activating group) is 1. The predicted octanol–water partition coefficient (Wildman–Crippen LogP) is 0.810. The topological polar surface area (TPSA) is 87.9 Å². The molecule has 2 rings (SSSR count). The van der Waals surface area contributed by atoms with Crippen molar-refractivity contribution in [3.05, 3.63) is 24.3 Å². The number of nitrogens with zero attached hydrogens (tertiary/aromatic N) is 2. The largest absolute Gasteiger partial charge is 0.401 e. The van der Waals surface area contributed by atoms with E-state index in [1.54, 1.807) is 29.2 Å². The Labute approximate surface area is 148 Å². The number of nitrogens with two attached hydrogens (primary N) is 1. The second-order valence-electron chi connectivity index (χ2n) is 5.92. The summed E-state index contributed by atoms with van der Waals surface area (Å²) in [6, 6.07) is 5.34. The summed E-state index contributed by atoms with van der Waals surface area (Å²) in [6.07, 6.45) is -4.42. The second kappa shape index (κ2) is 8.47. The van der Waals surface area contributed by atoms with Gasteiger partial charge in [0.05, 0.1) is 13.2 Å². The minimum Gasteiger partial charge on any atom is -0.370 e. The van der Waals surface area contributed by atoms with Crippen LogP contribution in [0.5, 0.6) is 0 Å². The number of benzene rings is 1. The number of alkyl halides is 3. The summed E-state index contributed by atoms with van der Waals surface area (Å²) in [5.41, 5.74) is 6.51. The van der Waals surface area contributed by atoms with Crippen LogP contribution in [-0.2, 0) is 14.3 Å². The van der Waals surface area contributed by atoms with Gasteiger partial charge in [0.15, 0.2) is 0 Å². The van der Waals surface area contributed by atoms with Crippen molar-refractivity contribution in [3.8, 4) is 0 Å². The van der Waals surface area contributed by atoms with Crippen molar-refractivity contribution in [2.45, 2.75) is 12.2 Å². The van der Waals surface area contributed by atoms with Crippen LogP contribution < -0.4 is 16.0 Å². The van der Waals surface area contributed by atoms with Crippen LogP contribution in [0.25, 0.3) is 0 Å². The highest BCUT2D eigenvalue weighted by molar-refractivity contribution is 5.97. The van der Waals surface area contributed by atoms with Crippen molar-refractivity contribution in [1.82, 2.24) is 4.90 Å². The number of hydrogen-bond donors (Lipinski definition) is 2. The Morgan fingerprint density at radius 2 is 2.04 bits per heavy atom. The minimum atomic E-state index is -4.42. The van der Waals surface area contributed by atoms with Crippen LogP contribution in [0.1, 0.15) is 0 Å². The van der Waals surface area contributed by atoms with Crippen LogP contribution in [0, 0.1) is 0 Å². The third-order valence-corrected chi connectivity index (χ3v) is 3.92. The van der Waals surface area contributed by atoms with E-state index in [1.165, 1.54) is 7.05 Å². The lowest BCUT2D eigenvalue weighted by molar-refractivity contribution is -0.150. The van der Waals surface area contributed by atoms with E-state index >= 15 is 0 Å². The molecule has 0 spiro atoms. The van der Waals surface area contributed by atoms with Gasteiger partial charge in [-0.1, -0.05) is 0 Å². The van der Waals surface area contributed by atoms with Gasteiger partial charge in [-0.25, -0.2) is 0 Å². The van der Waals surface area contributed by atoms with Crippen LogP contribution in [-0.4, -0.2) is 68.8 Å². The van der Waals surface area contributed by atoms with Gasteiger partial charge in [0, 0.05) is 24.5 Å². The number of hydrogen-bond acceptors (Lipinski definition) is 5. The van der Waals surface area contributed by atoms with Crippen LogP contribution >= 0.6 is 0 Å². The normalized spacial score (nSPS) is 16.7. The monoisotopic (exact) mass is 374 g/mol. The lowest BCUT2D eigenvalue weighted by Gasteiger charge is -2.27. The molecule has 7 nitrogen and oxygen atoms in total. The third kappa shape index (κ3) is 5.41. The SMILES string of the molecule is CN(CC(F)(F)F)[C@@H](CN)C(=O)Nc1ccc(N2CCOCC2=O)cc1. The molecule has 1 aliphatic heterocycles. The standard InChI is InChI=1S/C16H21F3N4O3/c1-22(10-16(17,18)19)13(8-20)15(25)21-11-2-4-12(5-3-11)23-6-7-26-9-14(23)24/h2-5,13H,6-10,20H2,1H3,(H,21,25)/t13-/m0/s1. The summed E-state index contributed by atoms with van der Waals surface area (Å²) >= 11 is 0. The molecule has 26 heavy (non-hydrogen) atoms. The predicted molar refractivity (Wildman–Crippen MR) is 89.8 cm³/mol. The highest BCUT2D eigenvalue weighted by Crippen LogP contribution is 2.21. The molecule has 3 N–H and O–H groups in total. The summed E-state index contributed by atoms with van der Waals surface area (Å²) < 4.78 is 42.5. The summed E-state index contributed by atoms with van der Waals surface area (Å²) in [7, 11) is 1.19. The molecule has 1 aromatic carbocycles. The zero-order valence-corrected chi connectivity index (χ0v) is 14.3. The summed E-state index contributed by atoms with van der Waals surface area (Å²) in [5, 5.41) is 2.54. The molecule has 0 radical (unpaired) electrons. The number of ether oxygens (including phenoxy) is 1. The fraction of sp³-hybridized carbons (Fsp3) is 0.500. The molecule has 1 saturated heterocycles. The molecule has 10 heteroatoms. The number of nitrogens with one attached hydrogen (secondary N) is 1. The van der Waals surface area contributed by atoms with Gasteiger partial charge < -0.3 is 20.7 Å². The quantitative estimate of drug-likeness (QED) is 0.770. The number of carbonyl (C=O) groups excluding carboxylic acids is 2. The van der Waals surface area contributed by atoms with Gasteiger partial charge in [-0.15, -0.1) is 0 Å². The summed E-state index contributed by atoms with van der Waals surface area (Å²) in [5.74, 6) is -0.792. The summed E-state index contributed by atoms with van der Waals surface area (Å²) in [4.78, 5) is 26.4. The zero-order chi connectivity index (χ0) is 19.3. The Bertz CT molecular complexity index is 637. The Kier molecular flexibility index (Phi) is 6.57. The van der Waals surface area contributed by atoms with Crippen molar-refractivity contribution >= 4 is 23.2 Å². The molecule has 1 aromatic rings. The van der Waals surface area contributed by atoms with E-state index in [9.17, 15) is 22.8 Å². The van der Waals surface area contributed by atoms with Gasteiger partial charge in [-0.2, -0.15) is 13.2 Å². The fourth-order valence-corrected chi connectivity index (χ4v) is 2.62. The maximum atomic E-state index is 12.5. The van der Waals surface area contributed by atoms with Crippen LogP contribution in [0.2, 0.25) is 0 Å². The first-order valence-electron chi connectivity index (χ1n) is 7.97. The van der Waals surface area contributed by atoms with E-state index in [0.717, 1.165) is 4.90 Å². The van der Waals surface area contributed by atoms with E-state index in [-0.39, 0.29) is 19.1 Å². The lowest BCUT2D eigenvalue weighted by atomic mass is 10.2. The minimum absolute atomic E-state index is 0.0161. The van der Waals surface area contributed by atoms with Gasteiger partial charge in [0.25, 0.3) is 5.91 Å². The van der Waals surface area contributed by atoms with Gasteiger partial charge in [-0.3, -0.25) is 14.5 Å². The maximum absolute atomic E-state index is 12.5. The third-order valence-electron chi connectivity index (χ3n) is 3.92. The van der Waals surface area contributed by atoms with Crippen LogP contribution in [0.15, 0.2) is 24.3 Å². The fourth-order valence-electron chi connectivity index (χ4n) is 2.62. The molecule has 1 aliphatic rings. The van der Waals surface area contributed by atoms with Crippen molar-refractivity contribution in [3.63, 3.8) is 0 Å². The Morgan fingerprint density at radius 1 is 1.38 bits per heavy atom. The Morgan fingerprint density at radius 3 is 2.58 bits per heavy atom. The summed E-state index contributed by atoms with van der Waals surface area (Å²) in [6.45, 7) is -0.600. The molecular weight excluding hydrogens is 353 g/mol. The van der Waals surface area contributed by atoms with E-state index in [4.69, 9.17) is 10.5 Å². The number of morpholine rings is 1.